The Bertz CT molecular complexity index is 407. The molecule has 0 fully saturated rings. The number of phosphoric ester groups is 1. The second-order valence-electron chi connectivity index (χ2n) is 5.18. The molecule has 0 bridgehead atoms. The maximum atomic E-state index is 11.5. The van der Waals surface area contributed by atoms with Crippen LogP contribution in [0, 0.1) is 0 Å². The number of amides is 2. The molecule has 0 aromatic heterocycles. The summed E-state index contributed by atoms with van der Waals surface area (Å²) in [4.78, 5) is 31.8. The number of carbonyl (C=O) groups excluding carboxylic acids is 2. The molecular weight excluding hydrogens is 339 g/mol. The lowest BCUT2D eigenvalue weighted by atomic mass is 10.2. The molecule has 0 radical (unpaired) electrons. The van der Waals surface area contributed by atoms with E-state index in [0.29, 0.717) is 25.8 Å². The van der Waals surface area contributed by atoms with Gasteiger partial charge in [-0.2, -0.15) is 0 Å². The standard InChI is InChI=1S/C14H29N2O7P/c1-22-24(20,21)23-12-5-3-2-4-9-15-13(18)7-6-8-14(19)16-10-11-17/h17H,2-12H2,1H3,(H,15,18)(H,16,19)(H,20,21). The van der Waals surface area contributed by atoms with Gasteiger partial charge in [-0.15, -0.1) is 0 Å². The van der Waals surface area contributed by atoms with Crippen molar-refractivity contribution in [2.24, 2.45) is 0 Å². The van der Waals surface area contributed by atoms with Gasteiger partial charge in [-0.3, -0.25) is 18.6 Å². The molecule has 24 heavy (non-hydrogen) atoms. The molecule has 0 aliphatic carbocycles. The second-order valence-corrected chi connectivity index (χ2v) is 6.74. The lowest BCUT2D eigenvalue weighted by molar-refractivity contribution is -0.122. The first-order valence-electron chi connectivity index (χ1n) is 8.08. The number of nitrogens with one attached hydrogen (secondary N) is 2. The van der Waals surface area contributed by atoms with Crippen molar-refractivity contribution in [2.75, 3.05) is 33.4 Å². The molecule has 0 aliphatic heterocycles. The molecule has 0 heterocycles. The van der Waals surface area contributed by atoms with Crippen molar-refractivity contribution in [1.82, 2.24) is 10.6 Å². The minimum absolute atomic E-state index is 0.0883. The van der Waals surface area contributed by atoms with Crippen molar-refractivity contribution in [3.63, 3.8) is 0 Å². The molecule has 9 nitrogen and oxygen atoms in total. The fourth-order valence-electron chi connectivity index (χ4n) is 1.82. The van der Waals surface area contributed by atoms with Crippen LogP contribution in [0.25, 0.3) is 0 Å². The van der Waals surface area contributed by atoms with Crippen LogP contribution in [-0.2, 0) is 23.2 Å². The van der Waals surface area contributed by atoms with Crippen LogP contribution in [0.3, 0.4) is 0 Å². The molecule has 1 unspecified atom stereocenters. The minimum atomic E-state index is -3.87. The molecule has 0 spiro atoms. The summed E-state index contributed by atoms with van der Waals surface area (Å²) >= 11 is 0. The van der Waals surface area contributed by atoms with Gasteiger partial charge in [-0.05, 0) is 19.3 Å². The van der Waals surface area contributed by atoms with Crippen LogP contribution in [0.1, 0.15) is 44.9 Å². The SMILES string of the molecule is COP(=O)(O)OCCCCCCNC(=O)CCCC(=O)NCCO. The smallest absolute Gasteiger partial charge is 0.395 e. The summed E-state index contributed by atoms with van der Waals surface area (Å²) < 4.78 is 20.0. The van der Waals surface area contributed by atoms with Crippen molar-refractivity contribution in [1.29, 1.82) is 0 Å². The zero-order chi connectivity index (χ0) is 18.3. The lowest BCUT2D eigenvalue weighted by Crippen LogP contribution is -2.27. The van der Waals surface area contributed by atoms with Crippen LogP contribution >= 0.6 is 7.82 Å². The fourth-order valence-corrected chi connectivity index (χ4v) is 2.29. The molecule has 142 valence electrons. The summed E-state index contributed by atoms with van der Waals surface area (Å²) in [6, 6.07) is 0. The summed E-state index contributed by atoms with van der Waals surface area (Å²) in [5.41, 5.74) is 0. The van der Waals surface area contributed by atoms with Crippen molar-refractivity contribution in [2.45, 2.75) is 44.9 Å². The number of unbranched alkanes of at least 4 members (excludes halogenated alkanes) is 3. The highest BCUT2D eigenvalue weighted by atomic mass is 31.2. The van der Waals surface area contributed by atoms with E-state index < -0.39 is 7.82 Å². The van der Waals surface area contributed by atoms with Gasteiger partial charge >= 0.3 is 7.82 Å². The Morgan fingerprint density at radius 1 is 0.958 bits per heavy atom. The molecular formula is C14H29N2O7P. The number of aliphatic hydroxyl groups excluding tert-OH is 1. The van der Waals surface area contributed by atoms with Crippen LogP contribution < -0.4 is 10.6 Å². The van der Waals surface area contributed by atoms with Gasteiger partial charge in [0, 0.05) is 33.0 Å². The third-order valence-electron chi connectivity index (χ3n) is 3.12. The molecule has 0 aromatic rings. The van der Waals surface area contributed by atoms with Crippen molar-refractivity contribution >= 4 is 19.6 Å². The highest BCUT2D eigenvalue weighted by Gasteiger charge is 2.17. The number of phosphoric acid groups is 1. The molecule has 1 atom stereocenters. The van der Waals surface area contributed by atoms with Crippen LogP contribution in [0.4, 0.5) is 0 Å². The van der Waals surface area contributed by atoms with Crippen LogP contribution in [0.5, 0.6) is 0 Å². The van der Waals surface area contributed by atoms with Gasteiger partial charge in [-0.25, -0.2) is 4.57 Å². The van der Waals surface area contributed by atoms with Gasteiger partial charge in [0.15, 0.2) is 0 Å². The molecule has 10 heteroatoms. The van der Waals surface area contributed by atoms with E-state index in [-0.39, 0.29) is 38.0 Å². The monoisotopic (exact) mass is 368 g/mol. The Balaban J connectivity index is 3.40. The fraction of sp³-hybridized carbons (Fsp3) is 0.857. The number of hydrogen-bond donors (Lipinski definition) is 4. The van der Waals surface area contributed by atoms with E-state index in [9.17, 15) is 14.2 Å². The first-order chi connectivity index (χ1) is 11.4. The summed E-state index contributed by atoms with van der Waals surface area (Å²) in [7, 11) is -2.75. The Kier molecular flexibility index (Phi) is 13.8. The van der Waals surface area contributed by atoms with Crippen LogP contribution in [-0.4, -0.2) is 55.2 Å². The summed E-state index contributed by atoms with van der Waals surface area (Å²) in [5.74, 6) is -0.255. The number of hydrogen-bond acceptors (Lipinski definition) is 6. The Hall–Kier alpha value is -0.990. The van der Waals surface area contributed by atoms with Crippen molar-refractivity contribution in [3.05, 3.63) is 0 Å². The maximum Gasteiger partial charge on any atom is 0.471 e. The average molecular weight is 368 g/mol. The van der Waals surface area contributed by atoms with E-state index in [4.69, 9.17) is 10.00 Å². The van der Waals surface area contributed by atoms with Crippen LogP contribution in [0.15, 0.2) is 0 Å². The molecule has 0 aliphatic rings. The zero-order valence-corrected chi connectivity index (χ0v) is 15.1. The third-order valence-corrected chi connectivity index (χ3v) is 4.09. The summed E-state index contributed by atoms with van der Waals surface area (Å²) in [6.07, 6.45) is 4.18. The van der Waals surface area contributed by atoms with E-state index in [1.54, 1.807) is 0 Å². The van der Waals surface area contributed by atoms with Gasteiger partial charge in [0.2, 0.25) is 11.8 Å². The summed E-state index contributed by atoms with van der Waals surface area (Å²) in [5, 5.41) is 13.9. The largest absolute Gasteiger partial charge is 0.471 e. The van der Waals surface area contributed by atoms with E-state index in [1.165, 1.54) is 0 Å². The molecule has 4 N–H and O–H groups in total. The van der Waals surface area contributed by atoms with Crippen molar-refractivity contribution in [3.8, 4) is 0 Å². The normalized spacial score (nSPS) is 13.3. The second kappa shape index (κ2) is 14.4. The Morgan fingerprint density at radius 2 is 1.54 bits per heavy atom. The molecule has 0 saturated carbocycles. The molecule has 0 rings (SSSR count). The zero-order valence-electron chi connectivity index (χ0n) is 14.2. The highest BCUT2D eigenvalue weighted by Crippen LogP contribution is 2.41. The predicted molar refractivity (Wildman–Crippen MR) is 88.2 cm³/mol. The van der Waals surface area contributed by atoms with E-state index in [0.717, 1.165) is 26.4 Å². The van der Waals surface area contributed by atoms with Gasteiger partial charge in [0.25, 0.3) is 0 Å². The summed E-state index contributed by atoms with van der Waals surface area (Å²) in [6.45, 7) is 0.862. The molecule has 2 amide bonds. The predicted octanol–water partition coefficient (Wildman–Crippen LogP) is 0.705. The number of aliphatic hydroxyl groups is 1. The van der Waals surface area contributed by atoms with Gasteiger partial charge < -0.3 is 20.6 Å². The molecule has 0 aromatic carbocycles. The first-order valence-corrected chi connectivity index (χ1v) is 9.58. The van der Waals surface area contributed by atoms with Crippen LogP contribution in [0.2, 0.25) is 0 Å². The number of rotatable bonds is 15. The van der Waals surface area contributed by atoms with Gasteiger partial charge in [-0.1, -0.05) is 12.8 Å². The third kappa shape index (κ3) is 14.6. The lowest BCUT2D eigenvalue weighted by Gasteiger charge is -2.09. The van der Waals surface area contributed by atoms with E-state index in [2.05, 4.69) is 19.7 Å². The maximum absolute atomic E-state index is 11.5. The highest BCUT2D eigenvalue weighted by molar-refractivity contribution is 7.47. The van der Waals surface area contributed by atoms with Crippen molar-refractivity contribution < 1.29 is 33.2 Å². The topological polar surface area (TPSA) is 134 Å². The van der Waals surface area contributed by atoms with E-state index >= 15 is 0 Å². The van der Waals surface area contributed by atoms with Gasteiger partial charge in [0.05, 0.1) is 13.2 Å². The van der Waals surface area contributed by atoms with Gasteiger partial charge in [0.1, 0.15) is 0 Å². The van der Waals surface area contributed by atoms with E-state index in [1.807, 2.05) is 0 Å². The Morgan fingerprint density at radius 3 is 2.12 bits per heavy atom. The minimum Gasteiger partial charge on any atom is -0.395 e. The Labute approximate surface area is 142 Å². The average Bonchev–Trinajstić information content (AvgIpc) is 2.55. The number of carbonyl (C=O) groups is 2. The quantitative estimate of drug-likeness (QED) is 0.247. The first kappa shape index (κ1) is 23.0. The molecule has 0 saturated heterocycles.